The average Bonchev–Trinajstić information content (AvgIpc) is 2.53. The number of ether oxygens (including phenoxy) is 1. The molecule has 3 nitrogen and oxygen atoms in total. The van der Waals surface area contributed by atoms with Crippen molar-refractivity contribution in [2.24, 2.45) is 0 Å². The summed E-state index contributed by atoms with van der Waals surface area (Å²) in [7, 11) is -1.96. The summed E-state index contributed by atoms with van der Waals surface area (Å²) in [5.74, 6) is 1.43. The second kappa shape index (κ2) is 8.15. The van der Waals surface area contributed by atoms with Gasteiger partial charge in [0, 0.05) is 5.56 Å². The second-order valence-corrected chi connectivity index (χ2v) is 13.7. The number of rotatable bonds is 6. The van der Waals surface area contributed by atoms with Gasteiger partial charge in [-0.15, -0.1) is 0 Å². The molecule has 0 bridgehead atoms. The van der Waals surface area contributed by atoms with Crippen LogP contribution in [0.3, 0.4) is 0 Å². The molecule has 0 spiro atoms. The first kappa shape index (κ1) is 21.0. The summed E-state index contributed by atoms with van der Waals surface area (Å²) in [6, 6.07) is 13.8. The minimum absolute atomic E-state index is 0.104. The van der Waals surface area contributed by atoms with Gasteiger partial charge in [-0.3, -0.25) is 0 Å². The fourth-order valence-electron chi connectivity index (χ4n) is 2.29. The van der Waals surface area contributed by atoms with Crippen molar-refractivity contribution < 1.29 is 14.3 Å². The van der Waals surface area contributed by atoms with Gasteiger partial charge in [0.05, 0.1) is 10.6 Å². The molecule has 0 saturated carbocycles. The molecule has 2 rings (SSSR count). The maximum atomic E-state index is 10.3. The summed E-state index contributed by atoms with van der Waals surface area (Å²) >= 11 is 3.60. The molecule has 5 heteroatoms. The highest BCUT2D eigenvalue weighted by molar-refractivity contribution is 9.10. The van der Waals surface area contributed by atoms with Crippen LogP contribution >= 0.6 is 15.9 Å². The van der Waals surface area contributed by atoms with Gasteiger partial charge in [-0.05, 0) is 58.7 Å². The Balaban J connectivity index is 2.30. The van der Waals surface area contributed by atoms with Crippen molar-refractivity contribution >= 4 is 24.2 Å². The van der Waals surface area contributed by atoms with Crippen molar-refractivity contribution in [2.75, 3.05) is 0 Å². The molecule has 0 aliphatic rings. The minimum Gasteiger partial charge on any atom is -0.543 e. The van der Waals surface area contributed by atoms with Crippen LogP contribution in [-0.2, 0) is 6.61 Å². The lowest BCUT2D eigenvalue weighted by Gasteiger charge is -2.36. The summed E-state index contributed by atoms with van der Waals surface area (Å²) < 4.78 is 13.2. The third kappa shape index (κ3) is 5.12. The predicted octanol–water partition coefficient (Wildman–Crippen LogP) is 6.47. The van der Waals surface area contributed by atoms with Crippen molar-refractivity contribution in [3.05, 3.63) is 58.1 Å². The van der Waals surface area contributed by atoms with Crippen molar-refractivity contribution in [1.82, 2.24) is 0 Å². The Hall–Kier alpha value is -1.30. The molecule has 0 radical (unpaired) electrons. The molecule has 0 aliphatic heterocycles. The molecular formula is C21H29BrO3Si. The van der Waals surface area contributed by atoms with Crippen molar-refractivity contribution in [3.63, 3.8) is 0 Å². The van der Waals surface area contributed by atoms with Gasteiger partial charge in [-0.1, -0.05) is 51.1 Å². The molecule has 2 aromatic carbocycles. The summed E-state index contributed by atoms with van der Waals surface area (Å²) in [5.41, 5.74) is 1.81. The molecule has 0 fully saturated rings. The zero-order valence-electron chi connectivity index (χ0n) is 16.5. The van der Waals surface area contributed by atoms with Crippen LogP contribution in [0.4, 0.5) is 0 Å². The molecule has 2 aromatic rings. The van der Waals surface area contributed by atoms with Crippen LogP contribution in [0.25, 0.3) is 0 Å². The van der Waals surface area contributed by atoms with E-state index in [1.54, 1.807) is 6.92 Å². The van der Waals surface area contributed by atoms with E-state index in [4.69, 9.17) is 9.16 Å². The summed E-state index contributed by atoms with van der Waals surface area (Å²) in [6.07, 6.45) is -0.653. The maximum Gasteiger partial charge on any atom is 0.250 e. The zero-order valence-corrected chi connectivity index (χ0v) is 19.1. The second-order valence-electron chi connectivity index (χ2n) is 8.14. The number of benzene rings is 2. The van der Waals surface area contributed by atoms with E-state index < -0.39 is 14.4 Å². The van der Waals surface area contributed by atoms with Gasteiger partial charge in [0.15, 0.2) is 0 Å². The number of halogens is 1. The molecule has 0 aromatic heterocycles. The molecule has 1 N–H and O–H groups in total. The SMILES string of the molecule is CC(O)c1cc(O[Si](C)(C)C(C)(C)C)cc(Br)c1OCc1ccccc1. The third-order valence-electron chi connectivity index (χ3n) is 4.90. The van der Waals surface area contributed by atoms with Gasteiger partial charge in [-0.2, -0.15) is 0 Å². The fraction of sp³-hybridized carbons (Fsp3) is 0.429. The molecular weight excluding hydrogens is 408 g/mol. The van der Waals surface area contributed by atoms with Gasteiger partial charge in [0.2, 0.25) is 8.32 Å². The van der Waals surface area contributed by atoms with Crippen LogP contribution in [0.15, 0.2) is 46.9 Å². The van der Waals surface area contributed by atoms with Crippen molar-refractivity contribution in [1.29, 1.82) is 0 Å². The van der Waals surface area contributed by atoms with Crippen molar-refractivity contribution in [3.8, 4) is 11.5 Å². The smallest absolute Gasteiger partial charge is 0.250 e. The average molecular weight is 437 g/mol. The van der Waals surface area contributed by atoms with E-state index in [1.165, 1.54) is 0 Å². The molecule has 26 heavy (non-hydrogen) atoms. The van der Waals surface area contributed by atoms with Crippen LogP contribution < -0.4 is 9.16 Å². The first-order chi connectivity index (χ1) is 12.0. The standard InChI is InChI=1S/C21H29BrO3Si/c1-15(23)18-12-17(25-26(5,6)21(2,3)4)13-19(22)20(18)24-14-16-10-8-7-9-11-16/h7-13,15,23H,14H2,1-6H3. The van der Waals surface area contributed by atoms with Gasteiger partial charge in [-0.25, -0.2) is 0 Å². The first-order valence-electron chi connectivity index (χ1n) is 8.88. The van der Waals surface area contributed by atoms with Gasteiger partial charge >= 0.3 is 0 Å². The molecule has 0 heterocycles. The lowest BCUT2D eigenvalue weighted by Crippen LogP contribution is -2.43. The van der Waals surface area contributed by atoms with E-state index in [2.05, 4.69) is 49.8 Å². The van der Waals surface area contributed by atoms with E-state index >= 15 is 0 Å². The number of aliphatic hydroxyl groups excluding tert-OH is 1. The highest BCUT2D eigenvalue weighted by Crippen LogP contribution is 2.41. The zero-order chi connectivity index (χ0) is 19.5. The molecule has 142 valence electrons. The van der Waals surface area contributed by atoms with E-state index in [9.17, 15) is 5.11 Å². The van der Waals surface area contributed by atoms with E-state index in [0.717, 1.165) is 21.3 Å². The molecule has 1 unspecified atom stereocenters. The first-order valence-corrected chi connectivity index (χ1v) is 12.6. The number of hydrogen-bond donors (Lipinski definition) is 1. The Morgan fingerprint density at radius 3 is 2.27 bits per heavy atom. The summed E-state index contributed by atoms with van der Waals surface area (Å²) in [5, 5.41) is 10.4. The summed E-state index contributed by atoms with van der Waals surface area (Å²) in [6.45, 7) is 13.2. The van der Waals surface area contributed by atoms with E-state index in [0.29, 0.717) is 12.4 Å². The van der Waals surface area contributed by atoms with Crippen molar-refractivity contribution in [2.45, 2.75) is 58.5 Å². The summed E-state index contributed by atoms with van der Waals surface area (Å²) in [4.78, 5) is 0. The lowest BCUT2D eigenvalue weighted by molar-refractivity contribution is 0.189. The fourth-order valence-corrected chi connectivity index (χ4v) is 3.87. The maximum absolute atomic E-state index is 10.3. The highest BCUT2D eigenvalue weighted by atomic mass is 79.9. The minimum atomic E-state index is -1.96. The quantitative estimate of drug-likeness (QED) is 0.527. The normalized spacial score (nSPS) is 13.4. The Morgan fingerprint density at radius 2 is 1.73 bits per heavy atom. The molecule has 1 atom stereocenters. The molecule has 0 saturated heterocycles. The Morgan fingerprint density at radius 1 is 1.12 bits per heavy atom. The van der Waals surface area contributed by atoms with Crippen LogP contribution in [0.2, 0.25) is 18.1 Å². The van der Waals surface area contributed by atoms with Crippen LogP contribution in [0.1, 0.15) is 44.9 Å². The number of aliphatic hydroxyl groups is 1. The Bertz CT molecular complexity index is 737. The molecule has 0 amide bonds. The third-order valence-corrected chi connectivity index (χ3v) is 9.85. The topological polar surface area (TPSA) is 38.7 Å². The van der Waals surface area contributed by atoms with Gasteiger partial charge in [0.1, 0.15) is 18.1 Å². The molecule has 0 aliphatic carbocycles. The van der Waals surface area contributed by atoms with Crippen LogP contribution in [-0.4, -0.2) is 13.4 Å². The van der Waals surface area contributed by atoms with Crippen LogP contribution in [0, 0.1) is 0 Å². The lowest BCUT2D eigenvalue weighted by atomic mass is 10.1. The van der Waals surface area contributed by atoms with E-state index in [-0.39, 0.29) is 5.04 Å². The van der Waals surface area contributed by atoms with Gasteiger partial charge in [0.25, 0.3) is 0 Å². The Labute approximate surface area is 166 Å². The monoisotopic (exact) mass is 436 g/mol. The van der Waals surface area contributed by atoms with E-state index in [1.807, 2.05) is 42.5 Å². The Kier molecular flexibility index (Phi) is 6.59. The van der Waals surface area contributed by atoms with Crippen LogP contribution in [0.5, 0.6) is 11.5 Å². The van der Waals surface area contributed by atoms with Gasteiger partial charge < -0.3 is 14.3 Å². The number of hydrogen-bond acceptors (Lipinski definition) is 3. The largest absolute Gasteiger partial charge is 0.543 e. The predicted molar refractivity (Wildman–Crippen MR) is 113 cm³/mol. The highest BCUT2D eigenvalue weighted by Gasteiger charge is 2.39.